The molecule has 0 saturated heterocycles. The Hall–Kier alpha value is -3.25. The number of phenols is 1. The molecule has 0 radical (unpaired) electrons. The number of nitrogens with one attached hydrogen (secondary N) is 1. The van der Waals surface area contributed by atoms with Crippen molar-refractivity contribution in [3.8, 4) is 5.75 Å². The molecule has 0 saturated carbocycles. The molecule has 4 nitrogen and oxygen atoms in total. The lowest BCUT2D eigenvalue weighted by atomic mass is 9.95. The third-order valence-electron chi connectivity index (χ3n) is 4.38. The van der Waals surface area contributed by atoms with Gasteiger partial charge in [-0.2, -0.15) is 0 Å². The van der Waals surface area contributed by atoms with Crippen molar-refractivity contribution in [1.82, 2.24) is 9.97 Å². The number of pyridine rings is 2. The van der Waals surface area contributed by atoms with E-state index in [0.717, 1.165) is 17.5 Å². The molecule has 0 aliphatic rings. The second kappa shape index (κ2) is 7.40. The van der Waals surface area contributed by atoms with E-state index in [0.29, 0.717) is 21.9 Å². The molecule has 7 heteroatoms. The number of benzene rings is 2. The summed E-state index contributed by atoms with van der Waals surface area (Å²) in [5.74, 6) is -1.16. The normalized spacial score (nSPS) is 12.1. The molecule has 28 heavy (non-hydrogen) atoms. The Balaban J connectivity index is 1.88. The molecule has 2 aromatic heterocycles. The highest BCUT2D eigenvalue weighted by Crippen LogP contribution is 2.37. The van der Waals surface area contributed by atoms with Crippen molar-refractivity contribution in [2.24, 2.45) is 0 Å². The van der Waals surface area contributed by atoms with E-state index in [1.54, 1.807) is 36.5 Å². The fourth-order valence-corrected chi connectivity index (χ4v) is 3.23. The fourth-order valence-electron chi connectivity index (χ4n) is 3.07. The summed E-state index contributed by atoms with van der Waals surface area (Å²) in [6.07, 6.45) is 3.07. The van der Waals surface area contributed by atoms with Crippen LogP contribution in [0.25, 0.3) is 10.9 Å². The second-order valence-corrected chi connectivity index (χ2v) is 6.62. The summed E-state index contributed by atoms with van der Waals surface area (Å²) >= 11 is 6.02. The molecule has 4 aromatic rings. The summed E-state index contributed by atoms with van der Waals surface area (Å²) in [5, 5.41) is 15.1. The Morgan fingerprint density at radius 3 is 2.54 bits per heavy atom. The highest BCUT2D eigenvalue weighted by atomic mass is 35.5. The maximum Gasteiger partial charge on any atom is 0.147 e. The van der Waals surface area contributed by atoms with Gasteiger partial charge in [-0.1, -0.05) is 35.9 Å². The van der Waals surface area contributed by atoms with Crippen molar-refractivity contribution < 1.29 is 13.9 Å². The molecule has 2 N–H and O–H groups in total. The van der Waals surface area contributed by atoms with E-state index in [-0.39, 0.29) is 11.3 Å². The van der Waals surface area contributed by atoms with Gasteiger partial charge in [0.1, 0.15) is 28.7 Å². The Bertz CT molecular complexity index is 1170. The zero-order chi connectivity index (χ0) is 19.7. The van der Waals surface area contributed by atoms with Crippen LogP contribution in [0.5, 0.6) is 5.75 Å². The molecule has 4 rings (SSSR count). The van der Waals surface area contributed by atoms with E-state index in [4.69, 9.17) is 11.6 Å². The van der Waals surface area contributed by atoms with E-state index in [2.05, 4.69) is 15.3 Å². The minimum Gasteiger partial charge on any atom is -0.505 e. The fraction of sp³-hybridized carbons (Fsp3) is 0.0476. The van der Waals surface area contributed by atoms with Crippen LogP contribution in [-0.4, -0.2) is 15.1 Å². The molecule has 0 aliphatic carbocycles. The first kappa shape index (κ1) is 18.1. The molecule has 0 aliphatic heterocycles. The molecule has 1 unspecified atom stereocenters. The first-order chi connectivity index (χ1) is 13.5. The topological polar surface area (TPSA) is 58.0 Å². The first-order valence-corrected chi connectivity index (χ1v) is 8.80. The quantitative estimate of drug-likeness (QED) is 0.479. The average molecular weight is 398 g/mol. The van der Waals surface area contributed by atoms with Gasteiger partial charge in [-0.25, -0.2) is 13.8 Å². The van der Waals surface area contributed by atoms with E-state index in [1.807, 2.05) is 6.07 Å². The Labute approximate surface area is 164 Å². The summed E-state index contributed by atoms with van der Waals surface area (Å²) in [7, 11) is 0. The molecule has 2 heterocycles. The Morgan fingerprint density at radius 2 is 1.75 bits per heavy atom. The summed E-state index contributed by atoms with van der Waals surface area (Å²) < 4.78 is 28.0. The smallest absolute Gasteiger partial charge is 0.147 e. The van der Waals surface area contributed by atoms with Crippen LogP contribution in [0.1, 0.15) is 17.2 Å². The van der Waals surface area contributed by atoms with E-state index in [9.17, 15) is 13.9 Å². The van der Waals surface area contributed by atoms with Crippen LogP contribution >= 0.6 is 11.6 Å². The van der Waals surface area contributed by atoms with Gasteiger partial charge in [0, 0.05) is 40.0 Å². The average Bonchev–Trinajstić information content (AvgIpc) is 2.67. The zero-order valence-electron chi connectivity index (χ0n) is 14.4. The van der Waals surface area contributed by atoms with Crippen molar-refractivity contribution >= 4 is 28.3 Å². The number of aromatic nitrogens is 2. The predicted octanol–water partition coefficient (Wildman–Crippen LogP) is 5.47. The van der Waals surface area contributed by atoms with Crippen LogP contribution in [0.15, 0.2) is 67.0 Å². The zero-order valence-corrected chi connectivity index (χ0v) is 15.2. The maximum absolute atomic E-state index is 14.6. The van der Waals surface area contributed by atoms with Crippen molar-refractivity contribution in [2.75, 3.05) is 5.32 Å². The van der Waals surface area contributed by atoms with Gasteiger partial charge in [-0.15, -0.1) is 0 Å². The lowest BCUT2D eigenvalue weighted by Crippen LogP contribution is -2.15. The van der Waals surface area contributed by atoms with E-state index < -0.39 is 17.7 Å². The minimum atomic E-state index is -0.849. The highest BCUT2D eigenvalue weighted by molar-refractivity contribution is 6.30. The third-order valence-corrected chi connectivity index (χ3v) is 4.61. The van der Waals surface area contributed by atoms with Crippen molar-refractivity contribution in [3.63, 3.8) is 0 Å². The molecule has 1 atom stereocenters. The minimum absolute atomic E-state index is 0.0960. The number of aromatic hydroxyl groups is 1. The molecule has 0 spiro atoms. The van der Waals surface area contributed by atoms with Crippen molar-refractivity contribution in [2.45, 2.75) is 6.04 Å². The molecule has 0 amide bonds. The van der Waals surface area contributed by atoms with Crippen molar-refractivity contribution in [1.29, 1.82) is 0 Å². The number of anilines is 1. The van der Waals surface area contributed by atoms with Crippen LogP contribution in [-0.2, 0) is 0 Å². The monoisotopic (exact) mass is 397 g/mol. The van der Waals surface area contributed by atoms with Gasteiger partial charge < -0.3 is 10.4 Å². The lowest BCUT2D eigenvalue weighted by molar-refractivity contribution is 0.470. The van der Waals surface area contributed by atoms with Gasteiger partial charge in [0.15, 0.2) is 0 Å². The highest BCUT2D eigenvalue weighted by Gasteiger charge is 2.23. The second-order valence-electron chi connectivity index (χ2n) is 6.18. The summed E-state index contributed by atoms with van der Waals surface area (Å²) in [4.78, 5) is 8.39. The summed E-state index contributed by atoms with van der Waals surface area (Å²) in [5.41, 5.74) is 0.903. The van der Waals surface area contributed by atoms with Crippen LogP contribution in [0.2, 0.25) is 5.02 Å². The Morgan fingerprint density at radius 1 is 0.929 bits per heavy atom. The van der Waals surface area contributed by atoms with Crippen molar-refractivity contribution in [3.05, 3.63) is 94.8 Å². The molecule has 0 bridgehead atoms. The number of nitrogens with zero attached hydrogens (tertiary/aromatic N) is 2. The number of rotatable bonds is 4. The third kappa shape index (κ3) is 3.46. The van der Waals surface area contributed by atoms with Crippen LogP contribution in [0.4, 0.5) is 14.6 Å². The molecular formula is C21H14ClF2N3O. The Kier molecular flexibility index (Phi) is 4.79. The lowest BCUT2D eigenvalue weighted by Gasteiger charge is -2.22. The number of phenolic OH excluding ortho intramolecular Hbond substituents is 1. The maximum atomic E-state index is 14.6. The largest absolute Gasteiger partial charge is 0.505 e. The number of hydrogen-bond donors (Lipinski definition) is 2. The van der Waals surface area contributed by atoms with Crippen LogP contribution < -0.4 is 5.32 Å². The van der Waals surface area contributed by atoms with Gasteiger partial charge in [0.25, 0.3) is 0 Å². The number of hydrogen-bond acceptors (Lipinski definition) is 4. The first-order valence-electron chi connectivity index (χ1n) is 8.42. The van der Waals surface area contributed by atoms with Gasteiger partial charge >= 0.3 is 0 Å². The van der Waals surface area contributed by atoms with Gasteiger partial charge in [-0.05, 0) is 24.3 Å². The van der Waals surface area contributed by atoms with Gasteiger partial charge in [0.2, 0.25) is 0 Å². The molecule has 140 valence electrons. The van der Waals surface area contributed by atoms with E-state index in [1.165, 1.54) is 12.3 Å². The molecule has 2 aromatic carbocycles. The summed E-state index contributed by atoms with van der Waals surface area (Å²) in [6, 6.07) is 12.6. The molecular weight excluding hydrogens is 384 g/mol. The van der Waals surface area contributed by atoms with Crippen LogP contribution in [0, 0.1) is 11.6 Å². The van der Waals surface area contributed by atoms with Gasteiger partial charge in [-0.3, -0.25) is 4.98 Å². The van der Waals surface area contributed by atoms with Gasteiger partial charge in [0.05, 0.1) is 6.04 Å². The number of halogens is 3. The summed E-state index contributed by atoms with van der Waals surface area (Å²) in [6.45, 7) is 0. The van der Waals surface area contributed by atoms with E-state index >= 15 is 0 Å². The predicted molar refractivity (Wildman–Crippen MR) is 104 cm³/mol. The standard InChI is InChI=1S/C21H14ClF2N3O/c22-13-7-9-25-18(10-13)27-20(15-6-4-14(23)11-17(15)24)16-5-3-12-2-1-8-26-19(12)21(16)28/h1-11,20,28H,(H,25,27). The van der Waals surface area contributed by atoms with Crippen LogP contribution in [0.3, 0.4) is 0 Å². The SMILES string of the molecule is Oc1c(C(Nc2cc(Cl)ccn2)c2ccc(F)cc2F)ccc2cccnc12. The molecule has 0 fully saturated rings. The number of fused-ring (bicyclic) bond motifs is 1.